The average Bonchev–Trinajstić information content (AvgIpc) is 2.50. The highest BCUT2D eigenvalue weighted by Crippen LogP contribution is 2.10. The van der Waals surface area contributed by atoms with E-state index in [9.17, 15) is 9.59 Å². The predicted molar refractivity (Wildman–Crippen MR) is 46.2 cm³/mol. The fourth-order valence-corrected chi connectivity index (χ4v) is 0.835. The van der Waals surface area contributed by atoms with Crippen LogP contribution in [-0.2, 0) is 4.74 Å². The Balaban J connectivity index is 2.76. The van der Waals surface area contributed by atoms with Crippen LogP contribution >= 0.6 is 0 Å². The summed E-state index contributed by atoms with van der Waals surface area (Å²) in [5.41, 5.74) is 0. The van der Waals surface area contributed by atoms with E-state index in [1.165, 1.54) is 12.1 Å². The van der Waals surface area contributed by atoms with Crippen molar-refractivity contribution >= 4 is 11.9 Å². The SMILES string of the molecule is CC(C)OC(=O)c1ccc(C(=O)O)o1. The smallest absolute Gasteiger partial charge is 0.374 e. The van der Waals surface area contributed by atoms with Crippen molar-refractivity contribution < 1.29 is 23.8 Å². The first-order valence-electron chi connectivity index (χ1n) is 4.05. The molecule has 1 aromatic rings. The molecule has 1 rings (SSSR count). The zero-order valence-corrected chi connectivity index (χ0v) is 7.81. The van der Waals surface area contributed by atoms with Crippen LogP contribution in [0.2, 0.25) is 0 Å². The zero-order chi connectivity index (χ0) is 10.7. The molecular weight excluding hydrogens is 188 g/mol. The topological polar surface area (TPSA) is 76.7 Å². The number of hydrogen-bond donors (Lipinski definition) is 1. The molecular formula is C9H10O5. The van der Waals surface area contributed by atoms with Crippen LogP contribution in [0.15, 0.2) is 16.5 Å². The van der Waals surface area contributed by atoms with Crippen LogP contribution in [0.25, 0.3) is 0 Å². The van der Waals surface area contributed by atoms with Gasteiger partial charge in [-0.15, -0.1) is 0 Å². The quantitative estimate of drug-likeness (QED) is 0.745. The Morgan fingerprint density at radius 1 is 1.36 bits per heavy atom. The van der Waals surface area contributed by atoms with Crippen molar-refractivity contribution in [3.63, 3.8) is 0 Å². The van der Waals surface area contributed by atoms with Crippen LogP contribution in [0.5, 0.6) is 0 Å². The van der Waals surface area contributed by atoms with Gasteiger partial charge in [0.2, 0.25) is 11.5 Å². The van der Waals surface area contributed by atoms with E-state index in [4.69, 9.17) is 14.3 Å². The molecule has 0 unspecified atom stereocenters. The number of carboxylic acid groups (broad SMARTS) is 1. The van der Waals surface area contributed by atoms with Gasteiger partial charge in [0.15, 0.2) is 0 Å². The molecule has 0 amide bonds. The first kappa shape index (κ1) is 10.3. The molecule has 1 N–H and O–H groups in total. The molecule has 0 aromatic carbocycles. The fourth-order valence-electron chi connectivity index (χ4n) is 0.835. The van der Waals surface area contributed by atoms with Crippen molar-refractivity contribution in [3.05, 3.63) is 23.7 Å². The van der Waals surface area contributed by atoms with Gasteiger partial charge >= 0.3 is 11.9 Å². The fraction of sp³-hybridized carbons (Fsp3) is 0.333. The number of rotatable bonds is 3. The summed E-state index contributed by atoms with van der Waals surface area (Å²) in [7, 11) is 0. The molecule has 0 saturated carbocycles. The molecule has 0 atom stereocenters. The van der Waals surface area contributed by atoms with E-state index in [-0.39, 0.29) is 17.6 Å². The number of furan rings is 1. The van der Waals surface area contributed by atoms with Crippen molar-refractivity contribution in [1.29, 1.82) is 0 Å². The third-order valence-electron chi connectivity index (χ3n) is 1.36. The molecule has 14 heavy (non-hydrogen) atoms. The summed E-state index contributed by atoms with van der Waals surface area (Å²) in [4.78, 5) is 21.6. The molecule has 0 aliphatic rings. The van der Waals surface area contributed by atoms with Gasteiger partial charge in [0, 0.05) is 0 Å². The number of carbonyl (C=O) groups is 2. The van der Waals surface area contributed by atoms with Crippen LogP contribution in [-0.4, -0.2) is 23.1 Å². The summed E-state index contributed by atoms with van der Waals surface area (Å²) in [6.07, 6.45) is -0.263. The van der Waals surface area contributed by atoms with E-state index in [2.05, 4.69) is 0 Å². The molecule has 0 saturated heterocycles. The zero-order valence-electron chi connectivity index (χ0n) is 7.81. The Hall–Kier alpha value is -1.78. The van der Waals surface area contributed by atoms with Crippen LogP contribution in [0.3, 0.4) is 0 Å². The molecule has 0 radical (unpaired) electrons. The number of esters is 1. The minimum Gasteiger partial charge on any atom is -0.475 e. The first-order valence-corrected chi connectivity index (χ1v) is 4.05. The lowest BCUT2D eigenvalue weighted by molar-refractivity contribution is 0.0338. The van der Waals surface area contributed by atoms with Crippen molar-refractivity contribution in [1.82, 2.24) is 0 Å². The summed E-state index contributed by atoms with van der Waals surface area (Å²) in [6.45, 7) is 3.39. The Morgan fingerprint density at radius 2 is 1.93 bits per heavy atom. The van der Waals surface area contributed by atoms with Gasteiger partial charge < -0.3 is 14.3 Å². The summed E-state index contributed by atoms with van der Waals surface area (Å²) in [6, 6.07) is 2.48. The maximum absolute atomic E-state index is 11.2. The van der Waals surface area contributed by atoms with Gasteiger partial charge in [-0.25, -0.2) is 9.59 Å². The van der Waals surface area contributed by atoms with Crippen LogP contribution in [0.4, 0.5) is 0 Å². The molecule has 1 aromatic heterocycles. The Labute approximate surface area is 80.3 Å². The normalized spacial score (nSPS) is 10.2. The van der Waals surface area contributed by atoms with Crippen molar-refractivity contribution in [2.24, 2.45) is 0 Å². The predicted octanol–water partition coefficient (Wildman–Crippen LogP) is 1.54. The Bertz CT molecular complexity index is 350. The Kier molecular flexibility index (Phi) is 2.91. The van der Waals surface area contributed by atoms with Gasteiger partial charge in [-0.2, -0.15) is 0 Å². The van der Waals surface area contributed by atoms with Gasteiger partial charge in [0.1, 0.15) is 0 Å². The van der Waals surface area contributed by atoms with E-state index in [1.54, 1.807) is 13.8 Å². The molecule has 5 nitrogen and oxygen atoms in total. The standard InChI is InChI=1S/C9H10O5/c1-5(2)13-9(12)7-4-3-6(14-7)8(10)11/h3-5H,1-2H3,(H,10,11). The van der Waals surface area contributed by atoms with Gasteiger partial charge in [0.25, 0.3) is 0 Å². The highest BCUT2D eigenvalue weighted by molar-refractivity contribution is 5.90. The molecule has 0 bridgehead atoms. The minimum atomic E-state index is -1.21. The highest BCUT2D eigenvalue weighted by atomic mass is 16.6. The highest BCUT2D eigenvalue weighted by Gasteiger charge is 2.16. The van der Waals surface area contributed by atoms with Crippen LogP contribution in [0, 0.1) is 0 Å². The van der Waals surface area contributed by atoms with E-state index in [0.717, 1.165) is 0 Å². The van der Waals surface area contributed by atoms with E-state index < -0.39 is 11.9 Å². The van der Waals surface area contributed by atoms with Crippen molar-refractivity contribution in [2.45, 2.75) is 20.0 Å². The van der Waals surface area contributed by atoms with Gasteiger partial charge in [-0.1, -0.05) is 0 Å². The van der Waals surface area contributed by atoms with Crippen LogP contribution < -0.4 is 0 Å². The molecule has 1 heterocycles. The summed E-state index contributed by atoms with van der Waals surface area (Å²) >= 11 is 0. The van der Waals surface area contributed by atoms with E-state index >= 15 is 0 Å². The average molecular weight is 198 g/mol. The van der Waals surface area contributed by atoms with E-state index in [1.807, 2.05) is 0 Å². The number of hydrogen-bond acceptors (Lipinski definition) is 4. The van der Waals surface area contributed by atoms with E-state index in [0.29, 0.717) is 0 Å². The summed E-state index contributed by atoms with van der Waals surface area (Å²) < 4.78 is 9.54. The van der Waals surface area contributed by atoms with Gasteiger partial charge in [-0.3, -0.25) is 0 Å². The first-order chi connectivity index (χ1) is 6.50. The summed E-state index contributed by atoms with van der Waals surface area (Å²) in [5, 5.41) is 8.52. The molecule has 0 fully saturated rings. The molecule has 0 spiro atoms. The maximum atomic E-state index is 11.2. The van der Waals surface area contributed by atoms with Crippen molar-refractivity contribution in [2.75, 3.05) is 0 Å². The molecule has 76 valence electrons. The largest absolute Gasteiger partial charge is 0.475 e. The number of ether oxygens (including phenoxy) is 1. The number of carbonyl (C=O) groups excluding carboxylic acids is 1. The molecule has 0 aliphatic carbocycles. The lowest BCUT2D eigenvalue weighted by atomic mass is 10.4. The second kappa shape index (κ2) is 3.95. The third kappa shape index (κ3) is 2.35. The van der Waals surface area contributed by atoms with Gasteiger partial charge in [-0.05, 0) is 26.0 Å². The molecule has 5 heteroatoms. The lowest BCUT2D eigenvalue weighted by Crippen LogP contribution is -2.10. The number of carboxylic acids is 1. The summed E-state index contributed by atoms with van der Waals surface area (Å²) in [5.74, 6) is -2.25. The number of aromatic carboxylic acids is 1. The van der Waals surface area contributed by atoms with Gasteiger partial charge in [0.05, 0.1) is 6.10 Å². The second-order valence-corrected chi connectivity index (χ2v) is 2.92. The lowest BCUT2D eigenvalue weighted by Gasteiger charge is -2.04. The molecule has 0 aliphatic heterocycles. The van der Waals surface area contributed by atoms with Crippen molar-refractivity contribution in [3.8, 4) is 0 Å². The second-order valence-electron chi connectivity index (χ2n) is 2.92. The Morgan fingerprint density at radius 3 is 2.36 bits per heavy atom. The minimum absolute atomic E-state index is 0.101. The monoisotopic (exact) mass is 198 g/mol. The maximum Gasteiger partial charge on any atom is 0.374 e. The van der Waals surface area contributed by atoms with Crippen LogP contribution in [0.1, 0.15) is 35.0 Å². The third-order valence-corrected chi connectivity index (χ3v) is 1.36.